The van der Waals surface area contributed by atoms with Crippen LogP contribution in [-0.2, 0) is 0 Å². The van der Waals surface area contributed by atoms with E-state index in [1.165, 1.54) is 32.4 Å². The van der Waals surface area contributed by atoms with Crippen molar-refractivity contribution in [2.75, 3.05) is 18.4 Å². The summed E-state index contributed by atoms with van der Waals surface area (Å²) in [6, 6.07) is 6.54. The zero-order valence-electron chi connectivity index (χ0n) is 15.5. The predicted octanol–water partition coefficient (Wildman–Crippen LogP) is 2.84. The van der Waals surface area contributed by atoms with Crippen molar-refractivity contribution in [2.24, 2.45) is 0 Å². The van der Waals surface area contributed by atoms with Gasteiger partial charge < -0.3 is 10.4 Å². The van der Waals surface area contributed by atoms with E-state index in [9.17, 15) is 5.11 Å². The Kier molecular flexibility index (Phi) is 3.97. The summed E-state index contributed by atoms with van der Waals surface area (Å²) in [4.78, 5) is 7.10. The van der Waals surface area contributed by atoms with Crippen molar-refractivity contribution in [1.82, 2.24) is 24.5 Å². The minimum Gasteiger partial charge on any atom is -0.507 e. The number of anilines is 1. The van der Waals surface area contributed by atoms with E-state index in [1.54, 1.807) is 12.3 Å². The lowest BCUT2D eigenvalue weighted by molar-refractivity contribution is 0.183. The number of hydrogen-bond donors (Lipinski definition) is 2. The van der Waals surface area contributed by atoms with Crippen LogP contribution in [0.4, 0.5) is 5.82 Å². The summed E-state index contributed by atoms with van der Waals surface area (Å²) in [6.07, 6.45) is 8.50. The second-order valence-electron chi connectivity index (χ2n) is 7.65. The van der Waals surface area contributed by atoms with Gasteiger partial charge in [0.15, 0.2) is 17.3 Å². The molecule has 140 valence electrons. The first-order valence-electron chi connectivity index (χ1n) is 9.71. The first kappa shape index (κ1) is 16.5. The molecule has 7 nitrogen and oxygen atoms in total. The Balaban J connectivity index is 1.51. The Morgan fingerprint density at radius 2 is 2.00 bits per heavy atom. The number of phenols is 1. The van der Waals surface area contributed by atoms with Gasteiger partial charge in [-0.2, -0.15) is 0 Å². The highest BCUT2D eigenvalue weighted by molar-refractivity contribution is 5.71. The van der Waals surface area contributed by atoms with E-state index in [0.717, 1.165) is 17.6 Å². The van der Waals surface area contributed by atoms with E-state index in [0.29, 0.717) is 29.3 Å². The number of benzene rings is 1. The normalized spacial score (nSPS) is 22.9. The fourth-order valence-corrected chi connectivity index (χ4v) is 4.58. The lowest BCUT2D eigenvalue weighted by atomic mass is 9.96. The molecule has 4 heterocycles. The van der Waals surface area contributed by atoms with Crippen molar-refractivity contribution in [1.29, 1.82) is 0 Å². The standard InChI is InChI=1S/C20H24N6O/c1-13-6-7-14(17(27)12-13)19-24-23-18(20-21-8-11-26(19)20)22-15-4-2-9-25-10-3-5-16(15)25/h6-8,11-12,15-16,27H,2-5,9-10H2,1H3,(H,22,23). The third kappa shape index (κ3) is 2.82. The number of rotatable bonds is 3. The van der Waals surface area contributed by atoms with E-state index in [4.69, 9.17) is 0 Å². The Labute approximate surface area is 158 Å². The average Bonchev–Trinajstić information content (AvgIpc) is 3.32. The van der Waals surface area contributed by atoms with Crippen molar-refractivity contribution in [2.45, 2.75) is 44.7 Å². The molecular formula is C20H24N6O. The van der Waals surface area contributed by atoms with E-state index >= 15 is 0 Å². The van der Waals surface area contributed by atoms with Crippen LogP contribution < -0.4 is 5.32 Å². The molecule has 2 aliphatic heterocycles. The van der Waals surface area contributed by atoms with Crippen molar-refractivity contribution < 1.29 is 5.11 Å². The molecule has 27 heavy (non-hydrogen) atoms. The molecule has 2 aliphatic rings. The number of aromatic nitrogens is 4. The zero-order chi connectivity index (χ0) is 18.4. The summed E-state index contributed by atoms with van der Waals surface area (Å²) in [6.45, 7) is 4.36. The summed E-state index contributed by atoms with van der Waals surface area (Å²) < 4.78 is 1.90. The second-order valence-corrected chi connectivity index (χ2v) is 7.65. The number of aromatic hydroxyl groups is 1. The highest BCUT2D eigenvalue weighted by atomic mass is 16.3. The molecule has 2 N–H and O–H groups in total. The minimum absolute atomic E-state index is 0.203. The van der Waals surface area contributed by atoms with Gasteiger partial charge in [-0.25, -0.2) is 4.98 Å². The van der Waals surface area contributed by atoms with Gasteiger partial charge in [0.2, 0.25) is 0 Å². The maximum absolute atomic E-state index is 10.4. The van der Waals surface area contributed by atoms with Crippen LogP contribution in [0.5, 0.6) is 5.75 Å². The summed E-state index contributed by atoms with van der Waals surface area (Å²) in [5, 5.41) is 22.9. The van der Waals surface area contributed by atoms with E-state index in [-0.39, 0.29) is 5.75 Å². The molecule has 0 amide bonds. The van der Waals surface area contributed by atoms with E-state index in [2.05, 4.69) is 25.4 Å². The molecule has 3 aromatic rings. The number of aryl methyl sites for hydroxylation is 1. The van der Waals surface area contributed by atoms with Crippen LogP contribution in [-0.4, -0.2) is 54.8 Å². The van der Waals surface area contributed by atoms with Crippen LogP contribution in [0, 0.1) is 6.92 Å². The van der Waals surface area contributed by atoms with Crippen LogP contribution in [0.25, 0.3) is 17.0 Å². The van der Waals surface area contributed by atoms with Gasteiger partial charge in [-0.3, -0.25) is 9.30 Å². The molecule has 2 atom stereocenters. The molecule has 2 saturated heterocycles. The van der Waals surface area contributed by atoms with Crippen LogP contribution in [0.1, 0.15) is 31.2 Å². The Bertz CT molecular complexity index is 984. The predicted molar refractivity (Wildman–Crippen MR) is 104 cm³/mol. The molecular weight excluding hydrogens is 340 g/mol. The SMILES string of the molecule is Cc1ccc(-c2nnc(NC3CCCN4CCCC34)c3nccn23)c(O)c1. The number of imidazole rings is 1. The third-order valence-electron chi connectivity index (χ3n) is 5.88. The van der Waals surface area contributed by atoms with Gasteiger partial charge in [0.05, 0.1) is 5.56 Å². The fourth-order valence-electron chi connectivity index (χ4n) is 4.58. The molecule has 0 bridgehead atoms. The Morgan fingerprint density at radius 3 is 2.85 bits per heavy atom. The lowest BCUT2D eigenvalue weighted by Gasteiger charge is -2.37. The van der Waals surface area contributed by atoms with Gasteiger partial charge in [-0.1, -0.05) is 6.07 Å². The number of nitrogens with zero attached hydrogens (tertiary/aromatic N) is 5. The maximum atomic E-state index is 10.4. The zero-order valence-corrected chi connectivity index (χ0v) is 15.5. The molecule has 2 unspecified atom stereocenters. The molecule has 5 rings (SSSR count). The second kappa shape index (κ2) is 6.49. The highest BCUT2D eigenvalue weighted by Gasteiger charge is 2.35. The molecule has 0 radical (unpaired) electrons. The summed E-state index contributed by atoms with van der Waals surface area (Å²) >= 11 is 0. The summed E-state index contributed by atoms with van der Waals surface area (Å²) in [5.74, 6) is 1.51. The van der Waals surface area contributed by atoms with Crippen molar-refractivity contribution in [3.63, 3.8) is 0 Å². The van der Waals surface area contributed by atoms with Gasteiger partial charge in [0, 0.05) is 24.5 Å². The number of nitrogens with one attached hydrogen (secondary N) is 1. The topological polar surface area (TPSA) is 78.6 Å². The Morgan fingerprint density at radius 1 is 1.15 bits per heavy atom. The smallest absolute Gasteiger partial charge is 0.192 e. The molecule has 0 spiro atoms. The lowest BCUT2D eigenvalue weighted by Crippen LogP contribution is -2.47. The van der Waals surface area contributed by atoms with Crippen LogP contribution >= 0.6 is 0 Å². The largest absolute Gasteiger partial charge is 0.507 e. The Hall–Kier alpha value is -2.67. The first-order valence-corrected chi connectivity index (χ1v) is 9.71. The maximum Gasteiger partial charge on any atom is 0.192 e. The molecule has 1 aromatic carbocycles. The summed E-state index contributed by atoms with van der Waals surface area (Å²) in [5.41, 5.74) is 2.40. The van der Waals surface area contributed by atoms with Crippen LogP contribution in [0.2, 0.25) is 0 Å². The number of phenolic OH excluding ortho intramolecular Hbond substituents is 1. The quantitative estimate of drug-likeness (QED) is 0.744. The molecule has 7 heteroatoms. The number of hydrogen-bond acceptors (Lipinski definition) is 6. The number of piperidine rings is 1. The molecule has 2 fully saturated rings. The van der Waals surface area contributed by atoms with Crippen LogP contribution in [0.15, 0.2) is 30.6 Å². The van der Waals surface area contributed by atoms with Gasteiger partial charge in [-0.15, -0.1) is 10.2 Å². The summed E-state index contributed by atoms with van der Waals surface area (Å²) in [7, 11) is 0. The minimum atomic E-state index is 0.203. The van der Waals surface area contributed by atoms with Gasteiger partial charge in [0.1, 0.15) is 5.75 Å². The molecule has 0 aliphatic carbocycles. The van der Waals surface area contributed by atoms with Crippen molar-refractivity contribution >= 4 is 11.5 Å². The van der Waals surface area contributed by atoms with Crippen LogP contribution in [0.3, 0.4) is 0 Å². The third-order valence-corrected chi connectivity index (χ3v) is 5.88. The van der Waals surface area contributed by atoms with Crippen molar-refractivity contribution in [3.8, 4) is 17.1 Å². The fraction of sp³-hybridized carbons (Fsp3) is 0.450. The monoisotopic (exact) mass is 364 g/mol. The highest BCUT2D eigenvalue weighted by Crippen LogP contribution is 2.32. The van der Waals surface area contributed by atoms with Crippen molar-refractivity contribution in [3.05, 3.63) is 36.2 Å². The molecule has 0 saturated carbocycles. The van der Waals surface area contributed by atoms with Gasteiger partial charge in [-0.05, 0) is 63.4 Å². The molecule has 2 aromatic heterocycles. The van der Waals surface area contributed by atoms with E-state index < -0.39 is 0 Å². The van der Waals surface area contributed by atoms with Gasteiger partial charge in [0.25, 0.3) is 0 Å². The van der Waals surface area contributed by atoms with Gasteiger partial charge >= 0.3 is 0 Å². The average molecular weight is 364 g/mol. The van der Waals surface area contributed by atoms with E-state index in [1.807, 2.05) is 29.7 Å². The first-order chi connectivity index (χ1) is 13.2. The number of fused-ring (bicyclic) bond motifs is 2.